The number of rotatable bonds is 18. The molecule has 3 amide bonds. The van der Waals surface area contributed by atoms with Crippen molar-refractivity contribution in [3.05, 3.63) is 95.1 Å². The third-order valence-corrected chi connectivity index (χ3v) is 8.58. The second-order valence-corrected chi connectivity index (χ2v) is 14.9. The van der Waals surface area contributed by atoms with Crippen LogP contribution >= 0.6 is 0 Å². The van der Waals surface area contributed by atoms with E-state index in [1.54, 1.807) is 6.92 Å². The van der Waals surface area contributed by atoms with Crippen molar-refractivity contribution in [3.8, 4) is 5.75 Å². The van der Waals surface area contributed by atoms with Crippen molar-refractivity contribution < 1.29 is 46.2 Å². The molecule has 0 fully saturated rings. The van der Waals surface area contributed by atoms with Crippen molar-refractivity contribution in [2.24, 2.45) is 5.92 Å². The van der Waals surface area contributed by atoms with Gasteiger partial charge in [0, 0.05) is 68.4 Å². The molecule has 4 atom stereocenters. The number of sulfone groups is 1. The van der Waals surface area contributed by atoms with Gasteiger partial charge in [-0.05, 0) is 36.6 Å². The third-order valence-electron chi connectivity index (χ3n) is 7.72. The van der Waals surface area contributed by atoms with Crippen molar-refractivity contribution >= 4 is 33.2 Å². The predicted octanol–water partition coefficient (Wildman–Crippen LogP) is 3.61. The Labute approximate surface area is 297 Å². The zero-order valence-corrected chi connectivity index (χ0v) is 30.3. The van der Waals surface area contributed by atoms with Gasteiger partial charge >= 0.3 is 0 Å². The smallest absolute Gasteiger partial charge is 0.251 e. The maximum atomic E-state index is 13.9. The molecule has 0 bridgehead atoms. The van der Waals surface area contributed by atoms with E-state index in [2.05, 4.69) is 16.0 Å². The largest absolute Gasteiger partial charge is 0.491 e. The number of aliphatic hydroxyl groups excluding tert-OH is 1. The number of halogens is 2. The normalized spacial score (nSPS) is 13.8. The molecule has 15 heteroatoms. The molecule has 51 heavy (non-hydrogen) atoms. The first-order chi connectivity index (χ1) is 23.9. The van der Waals surface area contributed by atoms with Crippen molar-refractivity contribution in [1.29, 1.82) is 0 Å². The van der Waals surface area contributed by atoms with Gasteiger partial charge in [-0.2, -0.15) is 0 Å². The molecule has 0 saturated carbocycles. The molecule has 0 aliphatic carbocycles. The lowest BCUT2D eigenvalue weighted by molar-refractivity contribution is -0.133. The average molecular weight is 733 g/mol. The summed E-state index contributed by atoms with van der Waals surface area (Å²) in [4.78, 5) is 41.4. The van der Waals surface area contributed by atoms with E-state index in [1.807, 2.05) is 44.2 Å². The van der Waals surface area contributed by atoms with Crippen molar-refractivity contribution in [1.82, 2.24) is 16.0 Å². The van der Waals surface area contributed by atoms with Crippen LogP contribution in [0.1, 0.15) is 59.5 Å². The van der Waals surface area contributed by atoms with Crippen LogP contribution in [-0.4, -0.2) is 88.9 Å². The van der Waals surface area contributed by atoms with Crippen LogP contribution in [0.3, 0.4) is 0 Å². The van der Waals surface area contributed by atoms with Crippen molar-refractivity contribution in [3.63, 3.8) is 0 Å². The molecule has 4 N–H and O–H groups in total. The number of methoxy groups -OCH3 is 1. The summed E-state index contributed by atoms with van der Waals surface area (Å²) >= 11 is 0. The Morgan fingerprint density at radius 1 is 0.902 bits per heavy atom. The van der Waals surface area contributed by atoms with Gasteiger partial charge in [0.05, 0.1) is 18.2 Å². The van der Waals surface area contributed by atoms with Crippen LogP contribution in [0.15, 0.2) is 66.7 Å². The average Bonchev–Trinajstić information content (AvgIpc) is 3.06. The van der Waals surface area contributed by atoms with Crippen LogP contribution in [-0.2, 0) is 19.4 Å². The van der Waals surface area contributed by atoms with E-state index in [9.17, 15) is 36.7 Å². The molecule has 0 unspecified atom stereocenters. The second kappa shape index (κ2) is 18.6. The van der Waals surface area contributed by atoms with Gasteiger partial charge in [0.15, 0.2) is 9.84 Å². The fraction of sp³-hybridized carbons (Fsp3) is 0.417. The lowest BCUT2D eigenvalue weighted by Gasteiger charge is -2.27. The number of amides is 3. The van der Waals surface area contributed by atoms with Gasteiger partial charge in [-0.25, -0.2) is 17.2 Å². The first-order valence-electron chi connectivity index (χ1n) is 16.2. The molecule has 0 saturated heterocycles. The molecule has 0 radical (unpaired) electrons. The number of ether oxygens (including phenoxy) is 2. The molecule has 278 valence electrons. The highest BCUT2D eigenvalue weighted by molar-refractivity contribution is 7.90. The second-order valence-electron chi connectivity index (χ2n) is 12.8. The highest BCUT2D eigenvalue weighted by Crippen LogP contribution is 2.22. The van der Waals surface area contributed by atoms with Gasteiger partial charge in [0.2, 0.25) is 5.91 Å². The zero-order valence-electron chi connectivity index (χ0n) is 29.5. The molecule has 0 heterocycles. The van der Waals surface area contributed by atoms with E-state index >= 15 is 0 Å². The van der Waals surface area contributed by atoms with Gasteiger partial charge in [-0.1, -0.05) is 44.2 Å². The van der Waals surface area contributed by atoms with Gasteiger partial charge in [-0.3, -0.25) is 14.4 Å². The molecule has 12 nitrogen and oxygen atoms in total. The summed E-state index contributed by atoms with van der Waals surface area (Å²) in [6, 6.07) is 14.1. The Bertz CT molecular complexity index is 1740. The number of hydrogen-bond acceptors (Lipinski definition) is 9. The molecule has 0 aliphatic rings. The van der Waals surface area contributed by atoms with Crippen LogP contribution in [0, 0.1) is 17.6 Å². The summed E-state index contributed by atoms with van der Waals surface area (Å²) in [5.74, 6) is -4.15. The van der Waals surface area contributed by atoms with Gasteiger partial charge in [-0.15, -0.1) is 0 Å². The fourth-order valence-corrected chi connectivity index (χ4v) is 5.89. The van der Waals surface area contributed by atoms with Crippen LogP contribution < -0.4 is 25.6 Å². The lowest BCUT2D eigenvalue weighted by Crippen LogP contribution is -2.50. The minimum absolute atomic E-state index is 0.0469. The van der Waals surface area contributed by atoms with Crippen LogP contribution in [0.4, 0.5) is 14.5 Å². The number of benzene rings is 3. The Morgan fingerprint density at radius 3 is 2.04 bits per heavy atom. The summed E-state index contributed by atoms with van der Waals surface area (Å²) < 4.78 is 62.9. The Morgan fingerprint density at radius 2 is 1.49 bits per heavy atom. The van der Waals surface area contributed by atoms with E-state index in [0.29, 0.717) is 12.6 Å². The maximum absolute atomic E-state index is 13.9. The summed E-state index contributed by atoms with van der Waals surface area (Å²) in [5.41, 5.74) is 1.04. The zero-order chi connectivity index (χ0) is 37.9. The Kier molecular flexibility index (Phi) is 14.9. The quantitative estimate of drug-likeness (QED) is 0.153. The summed E-state index contributed by atoms with van der Waals surface area (Å²) in [6.45, 7) is 5.46. The number of anilines is 1. The molecule has 0 aliphatic heterocycles. The molecular formula is C36H46F2N4O8S. The first kappa shape index (κ1) is 40.8. The van der Waals surface area contributed by atoms with E-state index in [1.165, 1.54) is 37.3 Å². The fourth-order valence-electron chi connectivity index (χ4n) is 5.04. The minimum Gasteiger partial charge on any atom is -0.491 e. The van der Waals surface area contributed by atoms with Crippen LogP contribution in [0.25, 0.3) is 0 Å². The van der Waals surface area contributed by atoms with E-state index in [0.717, 1.165) is 24.0 Å². The van der Waals surface area contributed by atoms with E-state index in [4.69, 9.17) is 9.47 Å². The number of nitrogens with one attached hydrogen (secondary N) is 3. The lowest BCUT2D eigenvalue weighted by atomic mass is 10.0. The third kappa shape index (κ3) is 13.2. The van der Waals surface area contributed by atoms with Crippen molar-refractivity contribution in [2.75, 3.05) is 44.3 Å². The number of hydrogen-bond donors (Lipinski definition) is 4. The standard InChI is InChI=1S/C36H46F2N4O8S/c1-22(2)19-39-36(46)33(49-5)18-32(43)31(20-50-30-16-27(37)15-28(38)17-30)41-35(45)26-12-25(13-29(14-26)42(4)21-51(6,47)48)34(44)40-23(3)24-10-8-7-9-11-24/h7-17,22-23,31-33,43H,18-21H2,1-6H3,(H,39,46)(H,40,44)(H,41,45)/t23-,31+,32+,33-/m1/s1. The number of carbonyl (C=O) groups is 3. The molecule has 3 aromatic rings. The summed E-state index contributed by atoms with van der Waals surface area (Å²) in [7, 11) is -0.742. The van der Waals surface area contributed by atoms with E-state index in [-0.39, 0.29) is 34.9 Å². The Balaban J connectivity index is 1.95. The minimum atomic E-state index is -3.52. The monoisotopic (exact) mass is 732 g/mol. The predicted molar refractivity (Wildman–Crippen MR) is 189 cm³/mol. The highest BCUT2D eigenvalue weighted by Gasteiger charge is 2.30. The molecule has 3 aromatic carbocycles. The number of aliphatic hydroxyl groups is 1. The molecular weight excluding hydrogens is 686 g/mol. The topological polar surface area (TPSA) is 163 Å². The van der Waals surface area contributed by atoms with E-state index < -0.39 is 76.0 Å². The summed E-state index contributed by atoms with van der Waals surface area (Å²) in [5, 5.41) is 19.5. The number of nitrogens with zero attached hydrogens (tertiary/aromatic N) is 1. The maximum Gasteiger partial charge on any atom is 0.251 e. The molecule has 0 aromatic heterocycles. The van der Waals surface area contributed by atoms with Gasteiger partial charge in [0.1, 0.15) is 36.0 Å². The van der Waals surface area contributed by atoms with Crippen molar-refractivity contribution in [2.45, 2.75) is 51.5 Å². The van der Waals surface area contributed by atoms with Gasteiger partial charge < -0.3 is 35.4 Å². The Hall–Kier alpha value is -4.60. The van der Waals surface area contributed by atoms with Gasteiger partial charge in [0.25, 0.3) is 11.8 Å². The van der Waals surface area contributed by atoms with Crippen LogP contribution in [0.2, 0.25) is 0 Å². The first-order valence-corrected chi connectivity index (χ1v) is 18.3. The molecule has 3 rings (SSSR count). The number of carbonyl (C=O) groups excluding carboxylic acids is 3. The highest BCUT2D eigenvalue weighted by atomic mass is 32.2. The summed E-state index contributed by atoms with van der Waals surface area (Å²) in [6.07, 6.45) is -1.86. The van der Waals surface area contributed by atoms with Crippen LogP contribution in [0.5, 0.6) is 5.75 Å². The SMILES string of the molecule is CO[C@H](C[C@H](O)[C@H](COc1cc(F)cc(F)c1)NC(=O)c1cc(C(=O)N[C@H](C)c2ccccc2)cc(N(C)CS(C)(=O)=O)c1)C(=O)NCC(C)C. The molecule has 0 spiro atoms.